The lowest BCUT2D eigenvalue weighted by molar-refractivity contribution is -0.128. The molecular formula is C32H38F2N6O3S. The van der Waals surface area contributed by atoms with Crippen molar-refractivity contribution in [3.63, 3.8) is 0 Å². The lowest BCUT2D eigenvalue weighted by Gasteiger charge is -2.35. The van der Waals surface area contributed by atoms with Gasteiger partial charge < -0.3 is 19.5 Å². The fourth-order valence-electron chi connectivity index (χ4n) is 5.56. The van der Waals surface area contributed by atoms with Crippen molar-refractivity contribution < 1.29 is 23.1 Å². The number of nitriles is 1. The summed E-state index contributed by atoms with van der Waals surface area (Å²) in [4.78, 5) is 33.2. The number of hydrogen-bond donors (Lipinski definition) is 2. The molecule has 2 aliphatic heterocycles. The Bertz CT molecular complexity index is 1610. The van der Waals surface area contributed by atoms with E-state index in [1.165, 1.54) is 12.1 Å². The first-order valence-electron chi connectivity index (χ1n) is 14.8. The second-order valence-electron chi connectivity index (χ2n) is 13.1. The smallest absolute Gasteiger partial charge is 0.272 e. The summed E-state index contributed by atoms with van der Waals surface area (Å²) in [6.45, 7) is 11.7. The Morgan fingerprint density at radius 2 is 2.05 bits per heavy atom. The molecule has 1 aromatic carbocycles. The van der Waals surface area contributed by atoms with E-state index in [0.29, 0.717) is 38.4 Å². The zero-order valence-corrected chi connectivity index (χ0v) is 26.3. The molecule has 2 amide bonds. The number of carbonyl (C=O) groups is 2. The Balaban J connectivity index is 1.43. The van der Waals surface area contributed by atoms with Gasteiger partial charge in [-0.15, -0.1) is 11.3 Å². The maximum absolute atomic E-state index is 13.6. The number of alkyl halides is 2. The SMILES string of the molecule is CC(C)(C)CNCc1ccc2c(c1)nc(NC(=O)c1ccc(C(F)F)s1)n2C[C@H]1CCCN1C(=O)/C(C#N)=C/C1(C)COC1. The number of benzene rings is 1. The predicted octanol–water partition coefficient (Wildman–Crippen LogP) is 5.90. The molecule has 0 unspecified atom stereocenters. The summed E-state index contributed by atoms with van der Waals surface area (Å²) in [5.41, 5.74) is 2.36. The first kappa shape index (κ1) is 31.8. The zero-order valence-electron chi connectivity index (χ0n) is 25.5. The van der Waals surface area contributed by atoms with E-state index in [-0.39, 0.29) is 44.1 Å². The first-order chi connectivity index (χ1) is 20.9. The first-order valence-corrected chi connectivity index (χ1v) is 15.6. The number of nitrogens with zero attached hydrogens (tertiary/aromatic N) is 4. The molecule has 0 spiro atoms. The lowest BCUT2D eigenvalue weighted by atomic mass is 9.86. The predicted molar refractivity (Wildman–Crippen MR) is 165 cm³/mol. The van der Waals surface area contributed by atoms with Gasteiger partial charge in [0.15, 0.2) is 0 Å². The van der Waals surface area contributed by atoms with Gasteiger partial charge in [0.2, 0.25) is 5.95 Å². The summed E-state index contributed by atoms with van der Waals surface area (Å²) in [5.74, 6) is -0.578. The molecule has 1 atom stereocenters. The van der Waals surface area contributed by atoms with E-state index in [2.05, 4.69) is 37.5 Å². The molecule has 234 valence electrons. The normalized spacial score (nSPS) is 18.5. The van der Waals surface area contributed by atoms with Gasteiger partial charge in [-0.2, -0.15) is 5.26 Å². The fraction of sp³-hybridized carbons (Fsp3) is 0.500. The van der Waals surface area contributed by atoms with Gasteiger partial charge in [-0.1, -0.05) is 39.8 Å². The third kappa shape index (κ3) is 7.17. The molecule has 5 rings (SSSR count). The van der Waals surface area contributed by atoms with E-state index in [4.69, 9.17) is 9.72 Å². The minimum Gasteiger partial charge on any atom is -0.379 e. The Morgan fingerprint density at radius 3 is 2.68 bits per heavy atom. The average molecular weight is 625 g/mol. The van der Waals surface area contributed by atoms with Crippen molar-refractivity contribution >= 4 is 40.1 Å². The van der Waals surface area contributed by atoms with Gasteiger partial charge in [0, 0.05) is 31.6 Å². The number of nitrogens with one attached hydrogen (secondary N) is 2. The molecule has 2 aromatic heterocycles. The van der Waals surface area contributed by atoms with Crippen LogP contribution in [0, 0.1) is 22.2 Å². The highest BCUT2D eigenvalue weighted by molar-refractivity contribution is 7.14. The number of ether oxygens (including phenoxy) is 1. The number of fused-ring (bicyclic) bond motifs is 1. The number of aromatic nitrogens is 2. The summed E-state index contributed by atoms with van der Waals surface area (Å²) in [5, 5.41) is 16.1. The van der Waals surface area contributed by atoms with Crippen LogP contribution < -0.4 is 10.6 Å². The quantitative estimate of drug-likeness (QED) is 0.215. The van der Waals surface area contributed by atoms with Crippen LogP contribution in [0.1, 0.15) is 67.1 Å². The maximum Gasteiger partial charge on any atom is 0.272 e. The molecule has 2 N–H and O–H groups in total. The van der Waals surface area contributed by atoms with Crippen molar-refractivity contribution in [3.05, 3.63) is 57.3 Å². The van der Waals surface area contributed by atoms with Crippen LogP contribution in [0.15, 0.2) is 42.0 Å². The summed E-state index contributed by atoms with van der Waals surface area (Å²) in [6, 6.07) is 10.4. The van der Waals surface area contributed by atoms with Gasteiger partial charge in [0.05, 0.1) is 40.0 Å². The highest BCUT2D eigenvalue weighted by Gasteiger charge is 2.36. The molecule has 0 radical (unpaired) electrons. The molecule has 4 heterocycles. The summed E-state index contributed by atoms with van der Waals surface area (Å²) in [7, 11) is 0. The number of imidazole rings is 1. The third-order valence-electron chi connectivity index (χ3n) is 7.83. The van der Waals surface area contributed by atoms with E-state index in [1.54, 1.807) is 11.0 Å². The van der Waals surface area contributed by atoms with Crippen molar-refractivity contribution in [3.8, 4) is 6.07 Å². The standard InChI is InChI=1S/C32H38F2N6O3S/c1-31(2,3)17-36-15-20-7-8-24-23(12-20)37-30(38-28(41)26-10-9-25(44-26)27(33)34)40(24)16-22-6-5-11-39(22)29(42)21(14-35)13-32(4)18-43-19-32/h7-10,12-13,22,27,36H,5-6,11,15-19H2,1-4H3,(H,37,38,41)/b21-13+/t22-/m1/s1. The van der Waals surface area contributed by atoms with E-state index in [1.807, 2.05) is 29.7 Å². The van der Waals surface area contributed by atoms with Gasteiger partial charge in [0.1, 0.15) is 11.6 Å². The number of rotatable bonds is 10. The third-order valence-corrected chi connectivity index (χ3v) is 8.92. The van der Waals surface area contributed by atoms with Gasteiger partial charge in [-0.25, -0.2) is 13.8 Å². The van der Waals surface area contributed by atoms with Gasteiger partial charge in [0.25, 0.3) is 18.2 Å². The van der Waals surface area contributed by atoms with Crippen molar-refractivity contribution in [2.24, 2.45) is 10.8 Å². The molecule has 2 fully saturated rings. The number of thiophene rings is 1. The van der Waals surface area contributed by atoms with Crippen molar-refractivity contribution in [2.45, 2.75) is 66.1 Å². The van der Waals surface area contributed by atoms with E-state index in [0.717, 1.165) is 41.8 Å². The second kappa shape index (κ2) is 12.8. The summed E-state index contributed by atoms with van der Waals surface area (Å²) < 4.78 is 33.5. The summed E-state index contributed by atoms with van der Waals surface area (Å²) >= 11 is 0.742. The van der Waals surface area contributed by atoms with Crippen LogP contribution in [0.3, 0.4) is 0 Å². The van der Waals surface area contributed by atoms with Crippen LogP contribution in [0.25, 0.3) is 11.0 Å². The molecule has 0 aliphatic carbocycles. The van der Waals surface area contributed by atoms with Crippen molar-refractivity contribution in [2.75, 3.05) is 31.6 Å². The molecule has 44 heavy (non-hydrogen) atoms. The Labute approximate surface area is 259 Å². The largest absolute Gasteiger partial charge is 0.379 e. The van der Waals surface area contributed by atoms with Crippen LogP contribution in [-0.4, -0.2) is 58.6 Å². The summed E-state index contributed by atoms with van der Waals surface area (Å²) in [6.07, 6.45) is 0.555. The highest BCUT2D eigenvalue weighted by Crippen LogP contribution is 2.32. The van der Waals surface area contributed by atoms with Gasteiger partial charge >= 0.3 is 0 Å². The molecule has 0 bridgehead atoms. The zero-order chi connectivity index (χ0) is 31.6. The Hall–Kier alpha value is -3.66. The second-order valence-corrected chi connectivity index (χ2v) is 14.2. The minimum absolute atomic E-state index is 0.103. The average Bonchev–Trinajstić information content (AvgIpc) is 3.69. The molecule has 12 heteroatoms. The van der Waals surface area contributed by atoms with Crippen molar-refractivity contribution in [1.29, 1.82) is 5.26 Å². The van der Waals surface area contributed by atoms with E-state index < -0.39 is 12.3 Å². The molecule has 0 saturated carbocycles. The fourth-order valence-corrected chi connectivity index (χ4v) is 6.32. The monoisotopic (exact) mass is 624 g/mol. The molecular weight excluding hydrogens is 586 g/mol. The van der Waals surface area contributed by atoms with Gasteiger partial charge in [-0.05, 0) is 48.1 Å². The molecule has 3 aromatic rings. The van der Waals surface area contributed by atoms with Crippen LogP contribution in [0.2, 0.25) is 0 Å². The maximum atomic E-state index is 13.6. The molecule has 2 saturated heterocycles. The number of amides is 2. The number of hydrogen-bond acceptors (Lipinski definition) is 7. The minimum atomic E-state index is -2.66. The van der Waals surface area contributed by atoms with Crippen LogP contribution in [0.5, 0.6) is 0 Å². The number of halogens is 2. The topological polar surface area (TPSA) is 112 Å². The van der Waals surface area contributed by atoms with Crippen LogP contribution in [-0.2, 0) is 22.6 Å². The van der Waals surface area contributed by atoms with Gasteiger partial charge in [-0.3, -0.25) is 14.9 Å². The highest BCUT2D eigenvalue weighted by atomic mass is 32.1. The number of likely N-dealkylation sites (tertiary alicyclic amines) is 1. The van der Waals surface area contributed by atoms with Crippen LogP contribution >= 0.6 is 11.3 Å². The van der Waals surface area contributed by atoms with Crippen molar-refractivity contribution in [1.82, 2.24) is 19.8 Å². The Kier molecular flexibility index (Phi) is 9.20. The number of carbonyl (C=O) groups excluding carboxylic acids is 2. The molecule has 2 aliphatic rings. The molecule has 9 nitrogen and oxygen atoms in total. The number of anilines is 1. The Morgan fingerprint density at radius 1 is 1.27 bits per heavy atom. The van der Waals surface area contributed by atoms with E-state index in [9.17, 15) is 23.6 Å². The lowest BCUT2D eigenvalue weighted by Crippen LogP contribution is -2.41. The van der Waals surface area contributed by atoms with E-state index >= 15 is 0 Å². The van der Waals surface area contributed by atoms with Crippen LogP contribution in [0.4, 0.5) is 14.7 Å².